The van der Waals surface area contributed by atoms with Crippen molar-refractivity contribution >= 4 is 10.0 Å². The second-order valence-electron chi connectivity index (χ2n) is 4.32. The van der Waals surface area contributed by atoms with E-state index in [1.54, 1.807) is 26.0 Å². The number of benzene rings is 1. The molecule has 0 fully saturated rings. The lowest BCUT2D eigenvalue weighted by atomic mass is 10.2. The normalized spacial score (nSPS) is 11.8. The topological polar surface area (TPSA) is 105 Å². The Balaban J connectivity index is 2.21. The molecule has 1 heterocycles. The fraction of sp³-hybridized carbons (Fsp3) is 0.333. The highest BCUT2D eigenvalue weighted by Crippen LogP contribution is 2.17. The molecule has 0 bridgehead atoms. The van der Waals surface area contributed by atoms with E-state index in [-0.39, 0.29) is 23.9 Å². The minimum atomic E-state index is -3.70. The summed E-state index contributed by atoms with van der Waals surface area (Å²) >= 11 is 0. The van der Waals surface area contributed by atoms with Crippen LogP contribution in [0.1, 0.15) is 22.8 Å². The lowest BCUT2D eigenvalue weighted by molar-refractivity contribution is 0.281. The first-order valence-corrected chi connectivity index (χ1v) is 7.40. The second-order valence-corrected chi connectivity index (χ2v) is 6.05. The fourth-order valence-corrected chi connectivity index (χ4v) is 2.95. The Labute approximate surface area is 116 Å². The van der Waals surface area contributed by atoms with Gasteiger partial charge in [-0.3, -0.25) is 0 Å². The van der Waals surface area contributed by atoms with E-state index in [4.69, 9.17) is 9.63 Å². The quantitative estimate of drug-likeness (QED) is 0.839. The van der Waals surface area contributed by atoms with Crippen LogP contribution in [0.5, 0.6) is 0 Å². The number of nitrogens with one attached hydrogen (secondary N) is 1. The van der Waals surface area contributed by atoms with Crippen LogP contribution < -0.4 is 4.72 Å². The SMILES string of the molecule is Cc1noc(CNS(=O)(=O)c2cc(CO)ccc2C)n1. The van der Waals surface area contributed by atoms with Gasteiger partial charge in [-0.2, -0.15) is 4.98 Å². The van der Waals surface area contributed by atoms with E-state index in [0.717, 1.165) is 0 Å². The number of aliphatic hydroxyl groups is 1. The Morgan fingerprint density at radius 2 is 2.10 bits per heavy atom. The zero-order valence-electron chi connectivity index (χ0n) is 11.1. The van der Waals surface area contributed by atoms with Gasteiger partial charge < -0.3 is 9.63 Å². The van der Waals surface area contributed by atoms with Crippen LogP contribution in [-0.2, 0) is 23.2 Å². The van der Waals surface area contributed by atoms with E-state index in [2.05, 4.69) is 14.9 Å². The van der Waals surface area contributed by atoms with Crippen molar-refractivity contribution in [2.24, 2.45) is 0 Å². The molecule has 108 valence electrons. The van der Waals surface area contributed by atoms with Crippen molar-refractivity contribution in [2.75, 3.05) is 0 Å². The summed E-state index contributed by atoms with van der Waals surface area (Å²) < 4.78 is 31.7. The molecular formula is C12H15N3O4S. The van der Waals surface area contributed by atoms with Crippen LogP contribution in [0.15, 0.2) is 27.6 Å². The average molecular weight is 297 g/mol. The summed E-state index contributed by atoms with van der Waals surface area (Å²) in [4.78, 5) is 4.04. The average Bonchev–Trinajstić information content (AvgIpc) is 2.83. The predicted molar refractivity (Wildman–Crippen MR) is 70.2 cm³/mol. The third-order valence-electron chi connectivity index (χ3n) is 2.71. The Morgan fingerprint density at radius 1 is 1.35 bits per heavy atom. The van der Waals surface area contributed by atoms with Gasteiger partial charge in [0.05, 0.1) is 18.0 Å². The highest BCUT2D eigenvalue weighted by Gasteiger charge is 2.18. The fourth-order valence-electron chi connectivity index (χ4n) is 1.68. The predicted octanol–water partition coefficient (Wildman–Crippen LogP) is 0.657. The first kappa shape index (κ1) is 14.6. The first-order chi connectivity index (χ1) is 9.42. The third kappa shape index (κ3) is 3.21. The number of rotatable bonds is 5. The van der Waals surface area contributed by atoms with Crippen molar-refractivity contribution in [2.45, 2.75) is 31.9 Å². The Hall–Kier alpha value is -1.77. The van der Waals surface area contributed by atoms with Crippen LogP contribution in [0, 0.1) is 13.8 Å². The highest BCUT2D eigenvalue weighted by molar-refractivity contribution is 7.89. The molecule has 2 rings (SSSR count). The monoisotopic (exact) mass is 297 g/mol. The number of hydrogen-bond donors (Lipinski definition) is 2. The van der Waals surface area contributed by atoms with Gasteiger partial charge in [0.2, 0.25) is 15.9 Å². The molecule has 2 N–H and O–H groups in total. The van der Waals surface area contributed by atoms with Gasteiger partial charge >= 0.3 is 0 Å². The number of aliphatic hydroxyl groups excluding tert-OH is 1. The maximum Gasteiger partial charge on any atom is 0.241 e. The maximum absolute atomic E-state index is 12.2. The summed E-state index contributed by atoms with van der Waals surface area (Å²) in [6.45, 7) is 3.04. The molecule has 0 aliphatic carbocycles. The summed E-state index contributed by atoms with van der Waals surface area (Å²) in [5.74, 6) is 0.639. The summed E-state index contributed by atoms with van der Waals surface area (Å²) in [7, 11) is -3.70. The molecule has 0 aliphatic rings. The third-order valence-corrected chi connectivity index (χ3v) is 4.25. The molecule has 20 heavy (non-hydrogen) atoms. The van der Waals surface area contributed by atoms with Crippen LogP contribution in [0.2, 0.25) is 0 Å². The molecule has 8 heteroatoms. The number of nitrogens with zero attached hydrogens (tertiary/aromatic N) is 2. The van der Waals surface area contributed by atoms with Crippen LogP contribution in [0.4, 0.5) is 0 Å². The standard InChI is InChI=1S/C12H15N3O4S/c1-8-3-4-10(7-16)5-11(8)20(17,18)13-6-12-14-9(2)15-19-12/h3-5,13,16H,6-7H2,1-2H3. The van der Waals surface area contributed by atoms with E-state index in [9.17, 15) is 8.42 Å². The van der Waals surface area contributed by atoms with E-state index in [1.165, 1.54) is 6.07 Å². The highest BCUT2D eigenvalue weighted by atomic mass is 32.2. The van der Waals surface area contributed by atoms with E-state index in [1.807, 2.05) is 0 Å². The summed E-state index contributed by atoms with van der Waals surface area (Å²) in [6, 6.07) is 4.77. The zero-order valence-corrected chi connectivity index (χ0v) is 11.9. The van der Waals surface area contributed by atoms with E-state index in [0.29, 0.717) is 17.0 Å². The van der Waals surface area contributed by atoms with Crippen LogP contribution in [-0.4, -0.2) is 23.7 Å². The van der Waals surface area contributed by atoms with Crippen molar-refractivity contribution in [1.29, 1.82) is 0 Å². The summed E-state index contributed by atoms with van der Waals surface area (Å²) in [6.07, 6.45) is 0. The molecule has 2 aromatic rings. The number of aromatic nitrogens is 2. The van der Waals surface area contributed by atoms with Crippen LogP contribution in [0.25, 0.3) is 0 Å². The maximum atomic E-state index is 12.2. The molecule has 0 aliphatic heterocycles. The second kappa shape index (κ2) is 5.70. The Bertz CT molecular complexity index is 709. The van der Waals surface area contributed by atoms with Gasteiger partial charge in [0, 0.05) is 0 Å². The van der Waals surface area contributed by atoms with E-state index >= 15 is 0 Å². The summed E-state index contributed by atoms with van der Waals surface area (Å²) in [5, 5.41) is 12.7. The largest absolute Gasteiger partial charge is 0.392 e. The molecule has 0 radical (unpaired) electrons. The molecule has 0 saturated heterocycles. The lowest BCUT2D eigenvalue weighted by Crippen LogP contribution is -2.24. The molecule has 7 nitrogen and oxygen atoms in total. The molecule has 0 saturated carbocycles. The summed E-state index contributed by atoms with van der Waals surface area (Å²) in [5.41, 5.74) is 1.13. The van der Waals surface area contributed by atoms with Crippen molar-refractivity contribution in [1.82, 2.24) is 14.9 Å². The first-order valence-electron chi connectivity index (χ1n) is 5.91. The van der Waals surface area contributed by atoms with Crippen molar-refractivity contribution < 1.29 is 18.0 Å². The molecule has 0 spiro atoms. The molecular weight excluding hydrogens is 282 g/mol. The van der Waals surface area contributed by atoms with Gasteiger partial charge in [0.15, 0.2) is 5.82 Å². The molecule has 0 atom stereocenters. The van der Waals surface area contributed by atoms with Crippen LogP contribution in [0.3, 0.4) is 0 Å². The minimum absolute atomic E-state index is 0.0774. The van der Waals surface area contributed by atoms with Gasteiger partial charge in [-0.1, -0.05) is 17.3 Å². The Morgan fingerprint density at radius 3 is 2.70 bits per heavy atom. The zero-order chi connectivity index (χ0) is 14.8. The van der Waals surface area contributed by atoms with Gasteiger partial charge in [0.1, 0.15) is 0 Å². The molecule has 0 amide bonds. The lowest BCUT2D eigenvalue weighted by Gasteiger charge is -2.09. The number of aryl methyl sites for hydroxylation is 2. The minimum Gasteiger partial charge on any atom is -0.392 e. The van der Waals surface area contributed by atoms with Crippen molar-refractivity contribution in [3.63, 3.8) is 0 Å². The van der Waals surface area contributed by atoms with Gasteiger partial charge in [-0.05, 0) is 31.0 Å². The van der Waals surface area contributed by atoms with Gasteiger partial charge in [0.25, 0.3) is 0 Å². The van der Waals surface area contributed by atoms with Gasteiger partial charge in [-0.25, -0.2) is 13.1 Å². The van der Waals surface area contributed by atoms with Crippen molar-refractivity contribution in [3.8, 4) is 0 Å². The van der Waals surface area contributed by atoms with Crippen molar-refractivity contribution in [3.05, 3.63) is 41.0 Å². The molecule has 0 unspecified atom stereocenters. The number of sulfonamides is 1. The van der Waals surface area contributed by atoms with Gasteiger partial charge in [-0.15, -0.1) is 0 Å². The Kier molecular flexibility index (Phi) is 4.17. The molecule has 1 aromatic heterocycles. The van der Waals surface area contributed by atoms with E-state index < -0.39 is 10.0 Å². The molecule has 1 aromatic carbocycles. The smallest absolute Gasteiger partial charge is 0.241 e. The van der Waals surface area contributed by atoms with Crippen LogP contribution >= 0.6 is 0 Å². The number of hydrogen-bond acceptors (Lipinski definition) is 6.